The topological polar surface area (TPSA) is 44.8 Å². The number of halogens is 1. The summed E-state index contributed by atoms with van der Waals surface area (Å²) in [6.07, 6.45) is -0.224. The number of ether oxygens (including phenoxy) is 1. The lowest BCUT2D eigenvalue weighted by Crippen LogP contribution is -2.55. The SMILES string of the molecule is C[C@H]1CN2NCC(I)=C2CN1C(=O)OC(C)(C)C. The second-order valence-corrected chi connectivity index (χ2v) is 7.06. The van der Waals surface area contributed by atoms with Crippen LogP contribution in [0.3, 0.4) is 0 Å². The molecule has 1 fully saturated rings. The molecule has 5 nitrogen and oxygen atoms in total. The van der Waals surface area contributed by atoms with E-state index < -0.39 is 5.60 Å². The Morgan fingerprint density at radius 1 is 1.50 bits per heavy atom. The maximum absolute atomic E-state index is 12.2. The Balaban J connectivity index is 2.09. The number of piperazine rings is 1. The smallest absolute Gasteiger partial charge is 0.410 e. The van der Waals surface area contributed by atoms with Gasteiger partial charge in [-0.1, -0.05) is 0 Å². The second kappa shape index (κ2) is 4.88. The third kappa shape index (κ3) is 2.90. The van der Waals surface area contributed by atoms with Gasteiger partial charge in [-0.15, -0.1) is 0 Å². The second-order valence-electron chi connectivity index (χ2n) is 5.75. The van der Waals surface area contributed by atoms with E-state index in [0.717, 1.165) is 13.1 Å². The fraction of sp³-hybridized carbons (Fsp3) is 0.750. The van der Waals surface area contributed by atoms with Gasteiger partial charge in [-0.25, -0.2) is 10.2 Å². The molecule has 1 amide bonds. The number of rotatable bonds is 0. The Kier molecular flexibility index (Phi) is 3.77. The molecule has 0 aliphatic carbocycles. The van der Waals surface area contributed by atoms with E-state index in [-0.39, 0.29) is 12.1 Å². The van der Waals surface area contributed by atoms with Gasteiger partial charge in [0.1, 0.15) is 5.60 Å². The number of amides is 1. The molecular weight excluding hydrogens is 345 g/mol. The molecule has 0 spiro atoms. The summed E-state index contributed by atoms with van der Waals surface area (Å²) in [5.74, 6) is 0. The van der Waals surface area contributed by atoms with Gasteiger partial charge in [-0.3, -0.25) is 4.90 Å². The van der Waals surface area contributed by atoms with E-state index >= 15 is 0 Å². The molecule has 0 radical (unpaired) electrons. The number of hydrogen-bond donors (Lipinski definition) is 1. The summed E-state index contributed by atoms with van der Waals surface area (Å²) in [4.78, 5) is 14.0. The van der Waals surface area contributed by atoms with Crippen LogP contribution in [0.1, 0.15) is 27.7 Å². The standard InChI is InChI=1S/C12H20IN3O2/c1-8-6-16-10(9(13)5-14-16)7-15(8)11(17)18-12(2,3)4/h8,14H,5-7H2,1-4H3/t8-/m0/s1. The average molecular weight is 365 g/mol. The van der Waals surface area contributed by atoms with Crippen LogP contribution in [0.15, 0.2) is 9.28 Å². The van der Waals surface area contributed by atoms with Crippen LogP contribution in [0.25, 0.3) is 0 Å². The van der Waals surface area contributed by atoms with Crippen LogP contribution in [0.5, 0.6) is 0 Å². The van der Waals surface area contributed by atoms with Crippen molar-refractivity contribution in [1.82, 2.24) is 15.3 Å². The maximum atomic E-state index is 12.2. The van der Waals surface area contributed by atoms with E-state index in [1.165, 1.54) is 9.28 Å². The zero-order valence-electron chi connectivity index (χ0n) is 11.3. The van der Waals surface area contributed by atoms with Crippen LogP contribution in [-0.2, 0) is 4.74 Å². The Morgan fingerprint density at radius 2 is 2.17 bits per heavy atom. The quantitative estimate of drug-likeness (QED) is 0.668. The third-order valence-corrected chi connectivity index (χ3v) is 4.00. The molecule has 0 saturated carbocycles. The first-order valence-electron chi connectivity index (χ1n) is 6.16. The highest BCUT2D eigenvalue weighted by molar-refractivity contribution is 14.1. The van der Waals surface area contributed by atoms with E-state index in [4.69, 9.17) is 4.74 Å². The Labute approximate surface area is 122 Å². The molecule has 1 atom stereocenters. The molecule has 0 bridgehead atoms. The van der Waals surface area contributed by atoms with Gasteiger partial charge in [-0.2, -0.15) is 0 Å². The van der Waals surface area contributed by atoms with Crippen molar-refractivity contribution in [3.63, 3.8) is 0 Å². The highest BCUT2D eigenvalue weighted by atomic mass is 127. The Morgan fingerprint density at radius 3 is 2.78 bits per heavy atom. The lowest BCUT2D eigenvalue weighted by Gasteiger charge is -2.40. The minimum absolute atomic E-state index is 0.151. The molecule has 0 unspecified atom stereocenters. The number of nitrogens with zero attached hydrogens (tertiary/aromatic N) is 2. The molecule has 0 aromatic heterocycles. The van der Waals surface area contributed by atoms with E-state index in [0.29, 0.717) is 6.54 Å². The number of nitrogens with one attached hydrogen (secondary N) is 1. The van der Waals surface area contributed by atoms with Crippen LogP contribution in [0.2, 0.25) is 0 Å². The van der Waals surface area contributed by atoms with Gasteiger partial charge in [0, 0.05) is 10.1 Å². The van der Waals surface area contributed by atoms with Crippen LogP contribution < -0.4 is 5.43 Å². The minimum atomic E-state index is -0.441. The summed E-state index contributed by atoms with van der Waals surface area (Å²) in [5.41, 5.74) is 4.07. The molecule has 1 N–H and O–H groups in total. The van der Waals surface area contributed by atoms with E-state index in [1.807, 2.05) is 32.6 Å². The summed E-state index contributed by atoms with van der Waals surface area (Å²) in [6.45, 7) is 10.0. The predicted molar refractivity (Wildman–Crippen MR) is 78.2 cm³/mol. The van der Waals surface area contributed by atoms with Crippen molar-refractivity contribution in [2.45, 2.75) is 39.3 Å². The summed E-state index contributed by atoms with van der Waals surface area (Å²) >= 11 is 2.33. The largest absolute Gasteiger partial charge is 0.444 e. The molecular formula is C12H20IN3O2. The van der Waals surface area contributed by atoms with Crippen molar-refractivity contribution < 1.29 is 9.53 Å². The normalized spacial score (nSPS) is 24.4. The molecule has 1 saturated heterocycles. The van der Waals surface area contributed by atoms with Gasteiger partial charge in [0.15, 0.2) is 0 Å². The molecule has 0 aromatic carbocycles. The van der Waals surface area contributed by atoms with E-state index in [2.05, 4.69) is 33.0 Å². The van der Waals surface area contributed by atoms with Gasteiger partial charge in [-0.05, 0) is 50.3 Å². The monoisotopic (exact) mass is 365 g/mol. The van der Waals surface area contributed by atoms with Crippen LogP contribution in [0, 0.1) is 0 Å². The Hall–Kier alpha value is -0.500. The summed E-state index contributed by atoms with van der Waals surface area (Å²) in [6, 6.07) is 0.151. The first-order valence-corrected chi connectivity index (χ1v) is 7.24. The summed E-state index contributed by atoms with van der Waals surface area (Å²) in [7, 11) is 0. The number of hydrogen-bond acceptors (Lipinski definition) is 4. The molecule has 102 valence electrons. The van der Waals surface area contributed by atoms with Crippen molar-refractivity contribution >= 4 is 28.7 Å². The van der Waals surface area contributed by atoms with Gasteiger partial charge in [0.05, 0.1) is 24.8 Å². The van der Waals surface area contributed by atoms with Crippen LogP contribution >= 0.6 is 22.6 Å². The number of hydrazine groups is 1. The van der Waals surface area contributed by atoms with Crippen molar-refractivity contribution in [2.24, 2.45) is 0 Å². The molecule has 2 heterocycles. The highest BCUT2D eigenvalue weighted by Crippen LogP contribution is 2.27. The molecule has 6 heteroatoms. The van der Waals surface area contributed by atoms with Crippen molar-refractivity contribution in [3.05, 3.63) is 9.28 Å². The molecule has 2 aliphatic rings. The lowest BCUT2D eigenvalue weighted by molar-refractivity contribution is 0.00673. The van der Waals surface area contributed by atoms with Crippen LogP contribution in [0.4, 0.5) is 4.79 Å². The minimum Gasteiger partial charge on any atom is -0.444 e. The summed E-state index contributed by atoms with van der Waals surface area (Å²) < 4.78 is 6.73. The van der Waals surface area contributed by atoms with Gasteiger partial charge in [0.25, 0.3) is 0 Å². The number of fused-ring (bicyclic) bond motifs is 1. The van der Waals surface area contributed by atoms with Crippen molar-refractivity contribution in [3.8, 4) is 0 Å². The van der Waals surface area contributed by atoms with Gasteiger partial charge >= 0.3 is 6.09 Å². The fourth-order valence-corrected chi connectivity index (χ4v) is 2.73. The molecule has 0 aromatic rings. The number of carbonyl (C=O) groups is 1. The van der Waals surface area contributed by atoms with Gasteiger partial charge in [0.2, 0.25) is 0 Å². The van der Waals surface area contributed by atoms with Gasteiger partial charge < -0.3 is 9.75 Å². The third-order valence-electron chi connectivity index (χ3n) is 2.99. The molecule has 2 aliphatic heterocycles. The predicted octanol–water partition coefficient (Wildman–Crippen LogP) is 2.09. The van der Waals surface area contributed by atoms with Crippen molar-refractivity contribution in [2.75, 3.05) is 19.6 Å². The molecule has 18 heavy (non-hydrogen) atoms. The van der Waals surface area contributed by atoms with E-state index in [9.17, 15) is 4.79 Å². The summed E-state index contributed by atoms with van der Waals surface area (Å²) in [5, 5.41) is 2.15. The first kappa shape index (κ1) is 13.9. The molecule has 2 rings (SSSR count). The number of carbonyl (C=O) groups excluding carboxylic acids is 1. The highest BCUT2D eigenvalue weighted by Gasteiger charge is 2.36. The van der Waals surface area contributed by atoms with Crippen LogP contribution in [-0.4, -0.2) is 47.3 Å². The average Bonchev–Trinajstić information content (AvgIpc) is 2.56. The zero-order valence-corrected chi connectivity index (χ0v) is 13.4. The lowest BCUT2D eigenvalue weighted by atomic mass is 10.2. The maximum Gasteiger partial charge on any atom is 0.410 e. The van der Waals surface area contributed by atoms with Crippen molar-refractivity contribution in [1.29, 1.82) is 0 Å². The van der Waals surface area contributed by atoms with E-state index in [1.54, 1.807) is 0 Å². The Bertz CT molecular complexity index is 389. The zero-order chi connectivity index (χ0) is 13.5. The first-order chi connectivity index (χ1) is 8.28. The fourth-order valence-electron chi connectivity index (χ4n) is 2.10.